The van der Waals surface area contributed by atoms with E-state index in [1.54, 1.807) is 54.6 Å². The van der Waals surface area contributed by atoms with Crippen LogP contribution < -0.4 is 50.9 Å². The van der Waals surface area contributed by atoms with E-state index < -0.39 is 0 Å². The van der Waals surface area contributed by atoms with Gasteiger partial charge in [-0.1, -0.05) is 40.0 Å². The molecule has 3 saturated carbocycles. The van der Waals surface area contributed by atoms with Crippen LogP contribution in [0, 0.1) is 17.8 Å². The summed E-state index contributed by atoms with van der Waals surface area (Å²) in [5, 5.41) is 1.48. The quantitative estimate of drug-likeness (QED) is 0.0924. The van der Waals surface area contributed by atoms with E-state index in [9.17, 15) is 28.8 Å². The molecule has 3 aromatic carbocycles. The number of rotatable bonds is 6. The molecule has 3 aromatic heterocycles. The molecule has 3 heterocycles. The number of nitrogens with two attached hydrogens (primary N) is 3. The summed E-state index contributed by atoms with van der Waals surface area (Å²) in [5.74, 6) is 2.19. The lowest BCUT2D eigenvalue weighted by molar-refractivity contribution is 0.261. The number of hydrogen-bond acceptors (Lipinski definition) is 9. The molecule has 15 nitrogen and oxygen atoms in total. The van der Waals surface area contributed by atoms with E-state index in [-0.39, 0.29) is 51.9 Å². The van der Waals surface area contributed by atoms with Gasteiger partial charge in [-0.05, 0) is 149 Å². The van der Waals surface area contributed by atoms with Crippen LogP contribution >= 0.6 is 0 Å². The average molecular weight is 862 g/mol. The van der Waals surface area contributed by atoms with Gasteiger partial charge in [0, 0.05) is 35.2 Å². The number of anilines is 3. The first-order valence-corrected chi connectivity index (χ1v) is 22.9. The monoisotopic (exact) mass is 861 g/mol. The predicted molar refractivity (Wildman–Crippen MR) is 254 cm³/mol. The zero-order valence-electron chi connectivity index (χ0n) is 36.8. The Bertz CT molecular complexity index is 2620. The summed E-state index contributed by atoms with van der Waals surface area (Å²) in [4.78, 5) is 83.1. The third kappa shape index (κ3) is 9.77. The third-order valence-electron chi connectivity index (χ3n) is 14.1. The number of nitrogens with zero attached hydrogens (tertiary/aromatic N) is 3. The van der Waals surface area contributed by atoms with Crippen LogP contribution in [0.15, 0.2) is 83.4 Å². The Labute approximate surface area is 364 Å². The van der Waals surface area contributed by atoms with Crippen molar-refractivity contribution in [3.8, 4) is 0 Å². The fraction of sp³-hybridized carbons (Fsp3) is 0.500. The highest BCUT2D eigenvalue weighted by Gasteiger charge is 2.27. The van der Waals surface area contributed by atoms with Gasteiger partial charge in [-0.2, -0.15) is 0 Å². The highest BCUT2D eigenvalue weighted by Crippen LogP contribution is 2.34. The van der Waals surface area contributed by atoms with E-state index in [2.05, 4.69) is 35.7 Å². The summed E-state index contributed by atoms with van der Waals surface area (Å²) in [6, 6.07) is 15.1. The number of hydrogen-bond donors (Lipinski definition) is 6. The molecule has 0 unspecified atom stereocenters. The summed E-state index contributed by atoms with van der Waals surface area (Å²) in [5.41, 5.74) is 18.9. The first-order chi connectivity index (χ1) is 30.3. The Hall–Kier alpha value is -6.12. The van der Waals surface area contributed by atoms with E-state index in [4.69, 9.17) is 17.2 Å². The van der Waals surface area contributed by atoms with E-state index in [0.29, 0.717) is 49.8 Å². The zero-order valence-corrected chi connectivity index (χ0v) is 36.8. The number of benzene rings is 3. The number of nitrogens with one attached hydrogen (secondary N) is 3. The predicted octanol–water partition coefficient (Wildman–Crippen LogP) is 7.24. The molecule has 15 heteroatoms. The van der Waals surface area contributed by atoms with Gasteiger partial charge < -0.3 is 32.2 Å². The van der Waals surface area contributed by atoms with Crippen LogP contribution in [0.2, 0.25) is 0 Å². The second-order valence-corrected chi connectivity index (χ2v) is 18.0. The maximum atomic E-state index is 12.6. The van der Waals surface area contributed by atoms with Gasteiger partial charge in [0.05, 0.1) is 32.7 Å². The van der Waals surface area contributed by atoms with Gasteiger partial charge in [0.15, 0.2) is 0 Å². The van der Waals surface area contributed by atoms with Crippen molar-refractivity contribution < 1.29 is 0 Å². The van der Waals surface area contributed by atoms with Crippen LogP contribution in [0.4, 0.5) is 17.1 Å². The zero-order chi connectivity index (χ0) is 44.9. The van der Waals surface area contributed by atoms with Crippen LogP contribution in [-0.4, -0.2) is 28.7 Å². The average Bonchev–Trinajstić information content (AvgIpc) is 3.28. The van der Waals surface area contributed by atoms with Crippen LogP contribution in [0.3, 0.4) is 0 Å². The van der Waals surface area contributed by atoms with Crippen LogP contribution in [0.25, 0.3) is 32.7 Å². The van der Waals surface area contributed by atoms with Gasteiger partial charge in [-0.25, -0.2) is 14.4 Å². The number of fused-ring (bicyclic) bond motifs is 3. The normalized spacial score (nSPS) is 22.5. The minimum absolute atomic E-state index is 0.00915. The second-order valence-electron chi connectivity index (χ2n) is 18.0. The highest BCUT2D eigenvalue weighted by molar-refractivity contribution is 5.82. The van der Waals surface area contributed by atoms with Crippen molar-refractivity contribution in [3.63, 3.8) is 0 Å². The molecule has 6 aromatic rings. The molecule has 336 valence electrons. The molecule has 9 N–H and O–H groups in total. The van der Waals surface area contributed by atoms with Crippen molar-refractivity contribution >= 4 is 49.8 Å². The molecule has 3 fully saturated rings. The maximum Gasteiger partial charge on any atom is 0.329 e. The molecule has 63 heavy (non-hydrogen) atoms. The fourth-order valence-electron chi connectivity index (χ4n) is 10.2. The van der Waals surface area contributed by atoms with Gasteiger partial charge in [0.25, 0.3) is 16.7 Å². The molecule has 0 saturated heterocycles. The number of nitrogen functional groups attached to an aromatic ring is 3. The Kier molecular flexibility index (Phi) is 13.9. The number of aromatic nitrogens is 6. The lowest BCUT2D eigenvalue weighted by Crippen LogP contribution is -2.39. The Morgan fingerprint density at radius 1 is 0.413 bits per heavy atom. The minimum atomic E-state index is -0.308. The van der Waals surface area contributed by atoms with Gasteiger partial charge in [-0.3, -0.25) is 28.1 Å². The maximum absolute atomic E-state index is 12.6. The summed E-state index contributed by atoms with van der Waals surface area (Å²) in [7, 11) is 0. The van der Waals surface area contributed by atoms with Crippen molar-refractivity contribution in [1.82, 2.24) is 28.7 Å². The molecule has 0 atom stereocenters. The number of aromatic amines is 3. The first-order valence-electron chi connectivity index (χ1n) is 22.9. The van der Waals surface area contributed by atoms with Crippen LogP contribution in [0.5, 0.6) is 0 Å². The molecule has 0 spiro atoms. The molecule has 3 aliphatic rings. The SMILES string of the molecule is CCC1CCC(n2c(=O)[nH]c3ccc(N)cc3c2=O)CC1.CCC1CCC(n2c(=O)[nH]c3ccc(N)cc3c2=O)CC1.CCC1CCC(n2c(=O)[nH]c3ccc(N)cc3c2=O)CC1. The van der Waals surface area contributed by atoms with Gasteiger partial charge >= 0.3 is 17.1 Å². The second kappa shape index (κ2) is 19.5. The van der Waals surface area contributed by atoms with Crippen LogP contribution in [0.1, 0.15) is 135 Å². The van der Waals surface area contributed by atoms with Gasteiger partial charge in [-0.15, -0.1) is 0 Å². The Morgan fingerprint density at radius 3 is 0.873 bits per heavy atom. The standard InChI is InChI=1S/3C16H21N3O2/c3*1-2-10-3-6-12(7-4-10)19-15(20)13-9-11(17)5-8-14(13)18-16(19)21/h3*5,8-10,12H,2-4,6-7,17H2,1H3,(H,18,21). The lowest BCUT2D eigenvalue weighted by Gasteiger charge is -2.28. The Morgan fingerprint density at radius 2 is 0.651 bits per heavy atom. The number of H-pyrrole nitrogens is 3. The van der Waals surface area contributed by atoms with Gasteiger partial charge in [0.1, 0.15) is 0 Å². The molecule has 0 amide bonds. The van der Waals surface area contributed by atoms with Crippen molar-refractivity contribution in [3.05, 3.63) is 117 Å². The van der Waals surface area contributed by atoms with E-state index >= 15 is 0 Å². The summed E-state index contributed by atoms with van der Waals surface area (Å²) >= 11 is 0. The summed E-state index contributed by atoms with van der Waals surface area (Å²) in [6.07, 6.45) is 15.4. The van der Waals surface area contributed by atoms with Crippen molar-refractivity contribution in [2.45, 2.75) is 135 Å². The fourth-order valence-corrected chi connectivity index (χ4v) is 10.2. The highest BCUT2D eigenvalue weighted by atomic mass is 16.2. The Balaban J connectivity index is 0.000000142. The van der Waals surface area contributed by atoms with Crippen molar-refractivity contribution in [1.29, 1.82) is 0 Å². The largest absolute Gasteiger partial charge is 0.399 e. The minimum Gasteiger partial charge on any atom is -0.399 e. The molecular formula is C48H63N9O6. The molecule has 9 rings (SSSR count). The van der Waals surface area contributed by atoms with Crippen LogP contribution in [-0.2, 0) is 0 Å². The van der Waals surface area contributed by atoms with Gasteiger partial charge in [0.2, 0.25) is 0 Å². The molecule has 0 radical (unpaired) electrons. The third-order valence-corrected chi connectivity index (χ3v) is 14.1. The molecular weight excluding hydrogens is 799 g/mol. The summed E-state index contributed by atoms with van der Waals surface area (Å²) in [6.45, 7) is 6.59. The molecule has 3 aliphatic carbocycles. The van der Waals surface area contributed by atoms with Crippen molar-refractivity contribution in [2.24, 2.45) is 17.8 Å². The molecule has 0 bridgehead atoms. The van der Waals surface area contributed by atoms with Crippen molar-refractivity contribution in [2.75, 3.05) is 17.2 Å². The first kappa shape index (κ1) is 44.9. The van der Waals surface area contributed by atoms with E-state index in [1.807, 2.05) is 0 Å². The van der Waals surface area contributed by atoms with E-state index in [0.717, 1.165) is 94.8 Å². The smallest absolute Gasteiger partial charge is 0.329 e. The lowest BCUT2D eigenvalue weighted by atomic mass is 9.84. The topological polar surface area (TPSA) is 243 Å². The summed E-state index contributed by atoms with van der Waals surface area (Å²) < 4.78 is 4.19. The van der Waals surface area contributed by atoms with E-state index in [1.165, 1.54) is 33.0 Å². The molecule has 0 aliphatic heterocycles.